The molecule has 1 heterocycles. The van der Waals surface area contributed by atoms with E-state index in [-0.39, 0.29) is 11.3 Å². The van der Waals surface area contributed by atoms with Crippen LogP contribution in [0.15, 0.2) is 84.4 Å². The fourth-order valence-corrected chi connectivity index (χ4v) is 3.62. The van der Waals surface area contributed by atoms with Gasteiger partial charge in [0.15, 0.2) is 0 Å². The van der Waals surface area contributed by atoms with Gasteiger partial charge in [-0.05, 0) is 31.5 Å². The molecule has 0 saturated carbocycles. The van der Waals surface area contributed by atoms with E-state index in [1.807, 2.05) is 68.4 Å². The number of Topliss-reactive ketones (excluding diaryl/α,β-unsaturated/α-hetero) is 1. The molecule has 4 nitrogen and oxygen atoms in total. The third kappa shape index (κ3) is 3.34. The van der Waals surface area contributed by atoms with E-state index in [1.54, 1.807) is 24.3 Å². The number of amides is 1. The van der Waals surface area contributed by atoms with Crippen LogP contribution in [0.25, 0.3) is 5.76 Å². The molecule has 4 heteroatoms. The van der Waals surface area contributed by atoms with Crippen LogP contribution in [0.4, 0.5) is 5.69 Å². The summed E-state index contributed by atoms with van der Waals surface area (Å²) in [5.41, 5.74) is 4.12. The van der Waals surface area contributed by atoms with Gasteiger partial charge in [-0.1, -0.05) is 77.9 Å². The Kier molecular flexibility index (Phi) is 4.77. The second-order valence-corrected chi connectivity index (χ2v) is 7.28. The third-order valence-electron chi connectivity index (χ3n) is 5.20. The van der Waals surface area contributed by atoms with Crippen molar-refractivity contribution in [3.05, 3.63) is 107 Å². The number of benzene rings is 3. The van der Waals surface area contributed by atoms with Crippen molar-refractivity contribution in [1.82, 2.24) is 0 Å². The monoisotopic (exact) mass is 383 g/mol. The van der Waals surface area contributed by atoms with Gasteiger partial charge in [0.05, 0.1) is 11.6 Å². The second kappa shape index (κ2) is 7.40. The SMILES string of the molecule is Cc1ccc(/C(O)=C2\C(=O)C(=O)N(c3ccccc3)[C@H]2c2ccc(C)cc2)cc1. The summed E-state index contributed by atoms with van der Waals surface area (Å²) in [6, 6.07) is 23.3. The first-order valence-electron chi connectivity index (χ1n) is 9.47. The van der Waals surface area contributed by atoms with E-state index in [2.05, 4.69) is 0 Å². The Morgan fingerprint density at radius 1 is 0.793 bits per heavy atom. The lowest BCUT2D eigenvalue weighted by molar-refractivity contribution is -0.132. The molecule has 1 saturated heterocycles. The molecule has 3 aromatic rings. The maximum absolute atomic E-state index is 13.0. The van der Waals surface area contributed by atoms with Crippen LogP contribution in [0.5, 0.6) is 0 Å². The average Bonchev–Trinajstić information content (AvgIpc) is 3.00. The van der Waals surface area contributed by atoms with E-state index < -0.39 is 17.7 Å². The lowest BCUT2D eigenvalue weighted by Gasteiger charge is -2.25. The van der Waals surface area contributed by atoms with Crippen LogP contribution in [0, 0.1) is 13.8 Å². The first kappa shape index (κ1) is 18.7. The number of para-hydroxylation sites is 1. The molecule has 1 N–H and O–H groups in total. The van der Waals surface area contributed by atoms with Gasteiger partial charge in [0.25, 0.3) is 11.7 Å². The van der Waals surface area contributed by atoms with Crippen LogP contribution < -0.4 is 4.90 Å². The Hall–Kier alpha value is -3.66. The number of aliphatic hydroxyl groups excluding tert-OH is 1. The molecule has 0 unspecified atom stereocenters. The number of ketones is 1. The van der Waals surface area contributed by atoms with Crippen molar-refractivity contribution in [3.8, 4) is 0 Å². The van der Waals surface area contributed by atoms with Crippen molar-refractivity contribution in [1.29, 1.82) is 0 Å². The molecular formula is C25H21NO3. The molecule has 0 spiro atoms. The summed E-state index contributed by atoms with van der Waals surface area (Å²) in [6.07, 6.45) is 0. The molecule has 1 aliphatic rings. The number of aliphatic hydroxyl groups is 1. The topological polar surface area (TPSA) is 57.6 Å². The van der Waals surface area contributed by atoms with Crippen LogP contribution in [-0.2, 0) is 9.59 Å². The second-order valence-electron chi connectivity index (χ2n) is 7.28. The van der Waals surface area contributed by atoms with E-state index in [0.717, 1.165) is 16.7 Å². The zero-order chi connectivity index (χ0) is 20.5. The highest BCUT2D eigenvalue weighted by Crippen LogP contribution is 2.42. The Labute approximate surface area is 169 Å². The highest BCUT2D eigenvalue weighted by atomic mass is 16.3. The molecule has 144 valence electrons. The van der Waals surface area contributed by atoms with Gasteiger partial charge in [-0.3, -0.25) is 14.5 Å². The zero-order valence-electron chi connectivity index (χ0n) is 16.3. The minimum Gasteiger partial charge on any atom is -0.507 e. The summed E-state index contributed by atoms with van der Waals surface area (Å²) in [5, 5.41) is 11.0. The van der Waals surface area contributed by atoms with E-state index in [1.165, 1.54) is 4.90 Å². The minimum absolute atomic E-state index is 0.103. The van der Waals surface area contributed by atoms with Crippen molar-refractivity contribution in [2.45, 2.75) is 19.9 Å². The lowest BCUT2D eigenvalue weighted by Crippen LogP contribution is -2.29. The van der Waals surface area contributed by atoms with Gasteiger partial charge in [-0.25, -0.2) is 0 Å². The molecule has 1 atom stereocenters. The van der Waals surface area contributed by atoms with Crippen molar-refractivity contribution >= 4 is 23.1 Å². The molecule has 1 amide bonds. The van der Waals surface area contributed by atoms with Crippen LogP contribution in [0.3, 0.4) is 0 Å². The number of carbonyl (C=O) groups is 2. The number of nitrogens with zero attached hydrogens (tertiary/aromatic N) is 1. The van der Waals surface area contributed by atoms with Crippen molar-refractivity contribution in [2.24, 2.45) is 0 Å². The van der Waals surface area contributed by atoms with Crippen molar-refractivity contribution in [3.63, 3.8) is 0 Å². The fraction of sp³-hybridized carbons (Fsp3) is 0.120. The molecule has 1 aliphatic heterocycles. The number of hydrogen-bond acceptors (Lipinski definition) is 3. The van der Waals surface area contributed by atoms with Crippen molar-refractivity contribution in [2.75, 3.05) is 4.90 Å². The molecule has 0 aromatic heterocycles. The molecule has 1 fully saturated rings. The van der Waals surface area contributed by atoms with Gasteiger partial charge in [0.1, 0.15) is 5.76 Å². The number of anilines is 1. The Bertz CT molecular complexity index is 1100. The molecule has 3 aromatic carbocycles. The first-order valence-corrected chi connectivity index (χ1v) is 9.47. The van der Waals surface area contributed by atoms with Gasteiger partial charge in [0, 0.05) is 11.3 Å². The first-order chi connectivity index (χ1) is 14.0. The maximum Gasteiger partial charge on any atom is 0.300 e. The van der Waals surface area contributed by atoms with E-state index in [4.69, 9.17) is 0 Å². The van der Waals surface area contributed by atoms with Crippen LogP contribution >= 0.6 is 0 Å². The maximum atomic E-state index is 13.0. The standard InChI is InChI=1S/C25H21NO3/c1-16-8-12-18(13-9-16)22-21(23(27)19-14-10-17(2)11-15-19)24(28)25(29)26(22)20-6-4-3-5-7-20/h3-15,22,27H,1-2H3/b23-21+/t22-/m0/s1. The summed E-state index contributed by atoms with van der Waals surface area (Å²) in [6.45, 7) is 3.93. The summed E-state index contributed by atoms with van der Waals surface area (Å²) in [5.74, 6) is -1.49. The molecule has 29 heavy (non-hydrogen) atoms. The quantitative estimate of drug-likeness (QED) is 0.396. The Morgan fingerprint density at radius 2 is 1.34 bits per heavy atom. The van der Waals surface area contributed by atoms with E-state index in [9.17, 15) is 14.7 Å². The highest BCUT2D eigenvalue weighted by Gasteiger charge is 2.46. The predicted octanol–water partition coefficient (Wildman–Crippen LogP) is 4.93. The summed E-state index contributed by atoms with van der Waals surface area (Å²) in [7, 11) is 0. The number of rotatable bonds is 3. The smallest absolute Gasteiger partial charge is 0.300 e. The third-order valence-corrected chi connectivity index (χ3v) is 5.20. The molecule has 4 rings (SSSR count). The predicted molar refractivity (Wildman–Crippen MR) is 114 cm³/mol. The minimum atomic E-state index is -0.695. The number of hydrogen-bond donors (Lipinski definition) is 1. The van der Waals surface area contributed by atoms with Crippen LogP contribution in [0.1, 0.15) is 28.3 Å². The Morgan fingerprint density at radius 3 is 1.93 bits per heavy atom. The number of carbonyl (C=O) groups excluding carboxylic acids is 2. The number of aryl methyl sites for hydroxylation is 2. The zero-order valence-corrected chi connectivity index (χ0v) is 16.3. The van der Waals surface area contributed by atoms with Gasteiger partial charge < -0.3 is 5.11 Å². The summed E-state index contributed by atoms with van der Waals surface area (Å²) >= 11 is 0. The van der Waals surface area contributed by atoms with Gasteiger partial charge in [-0.15, -0.1) is 0 Å². The summed E-state index contributed by atoms with van der Waals surface area (Å²) in [4.78, 5) is 27.5. The molecule has 0 bridgehead atoms. The largest absolute Gasteiger partial charge is 0.507 e. The highest BCUT2D eigenvalue weighted by molar-refractivity contribution is 6.51. The van der Waals surface area contributed by atoms with Crippen LogP contribution in [0.2, 0.25) is 0 Å². The average molecular weight is 383 g/mol. The van der Waals surface area contributed by atoms with Crippen molar-refractivity contribution < 1.29 is 14.7 Å². The molecule has 0 radical (unpaired) electrons. The van der Waals surface area contributed by atoms with Crippen LogP contribution in [-0.4, -0.2) is 16.8 Å². The summed E-state index contributed by atoms with van der Waals surface area (Å²) < 4.78 is 0. The van der Waals surface area contributed by atoms with E-state index in [0.29, 0.717) is 11.3 Å². The normalized spacial score (nSPS) is 18.3. The van der Waals surface area contributed by atoms with Gasteiger partial charge >= 0.3 is 0 Å². The Balaban J connectivity index is 1.94. The lowest BCUT2D eigenvalue weighted by atomic mass is 9.94. The molecule has 0 aliphatic carbocycles. The van der Waals surface area contributed by atoms with E-state index >= 15 is 0 Å². The fourth-order valence-electron chi connectivity index (χ4n) is 3.62. The molecular weight excluding hydrogens is 362 g/mol. The van der Waals surface area contributed by atoms with Gasteiger partial charge in [0.2, 0.25) is 0 Å². The van der Waals surface area contributed by atoms with Gasteiger partial charge in [-0.2, -0.15) is 0 Å².